The van der Waals surface area contributed by atoms with Gasteiger partial charge in [-0.3, -0.25) is 0 Å². The van der Waals surface area contributed by atoms with Crippen molar-refractivity contribution in [1.82, 2.24) is 8.75 Å². The standard InChI is InChI=1S/C12H18N4S.C2H6/c1-5(2)7-9(13)10(14)8(6(3)4)12-11(7)15-17-16-12;1-2/h5-6H,13-14H2,1-4H3;1-2H3. The Kier molecular flexibility index (Phi) is 5.11. The summed E-state index contributed by atoms with van der Waals surface area (Å²) in [5.74, 6) is 0.592. The van der Waals surface area contributed by atoms with Gasteiger partial charge in [-0.1, -0.05) is 41.5 Å². The molecule has 0 aliphatic rings. The molecule has 1 heterocycles. The van der Waals surface area contributed by atoms with E-state index in [1.54, 1.807) is 0 Å². The van der Waals surface area contributed by atoms with Gasteiger partial charge in [0.15, 0.2) is 0 Å². The van der Waals surface area contributed by atoms with Gasteiger partial charge < -0.3 is 11.5 Å². The number of benzene rings is 1. The van der Waals surface area contributed by atoms with Crippen LogP contribution in [-0.4, -0.2) is 8.75 Å². The average Bonchev–Trinajstić information content (AvgIpc) is 2.80. The first-order valence-corrected chi connectivity index (χ1v) is 7.51. The molecule has 0 spiro atoms. The smallest absolute Gasteiger partial charge is 0.110 e. The number of anilines is 2. The molecular formula is C14H24N4S. The van der Waals surface area contributed by atoms with E-state index in [2.05, 4.69) is 36.4 Å². The van der Waals surface area contributed by atoms with Crippen molar-refractivity contribution in [3.05, 3.63) is 11.1 Å². The van der Waals surface area contributed by atoms with E-state index in [1.807, 2.05) is 13.8 Å². The van der Waals surface area contributed by atoms with Gasteiger partial charge in [0.25, 0.3) is 0 Å². The molecule has 2 rings (SSSR count). The van der Waals surface area contributed by atoms with Gasteiger partial charge >= 0.3 is 0 Å². The summed E-state index contributed by atoms with van der Waals surface area (Å²) >= 11 is 1.22. The summed E-state index contributed by atoms with van der Waals surface area (Å²) in [6.45, 7) is 12.4. The normalized spacial score (nSPS) is 10.9. The van der Waals surface area contributed by atoms with Crippen molar-refractivity contribution in [2.24, 2.45) is 0 Å². The van der Waals surface area contributed by atoms with Crippen LogP contribution in [0.4, 0.5) is 11.4 Å². The molecule has 0 saturated heterocycles. The van der Waals surface area contributed by atoms with Gasteiger partial charge in [0.05, 0.1) is 23.1 Å². The van der Waals surface area contributed by atoms with Gasteiger partial charge in [0, 0.05) is 11.1 Å². The molecule has 0 aliphatic heterocycles. The highest BCUT2D eigenvalue weighted by atomic mass is 32.1. The predicted octanol–water partition coefficient (Wildman–Crippen LogP) is 4.13. The summed E-state index contributed by atoms with van der Waals surface area (Å²) in [5, 5.41) is 0. The lowest BCUT2D eigenvalue weighted by Gasteiger charge is -2.18. The number of hydrogen-bond acceptors (Lipinski definition) is 5. The monoisotopic (exact) mass is 280 g/mol. The van der Waals surface area contributed by atoms with E-state index in [9.17, 15) is 0 Å². The van der Waals surface area contributed by atoms with Crippen LogP contribution in [0, 0.1) is 0 Å². The summed E-state index contributed by atoms with van der Waals surface area (Å²) in [5.41, 5.74) is 17.5. The van der Waals surface area contributed by atoms with Gasteiger partial charge in [0.2, 0.25) is 0 Å². The van der Waals surface area contributed by atoms with E-state index in [0.29, 0.717) is 23.2 Å². The van der Waals surface area contributed by atoms with E-state index < -0.39 is 0 Å². The van der Waals surface area contributed by atoms with E-state index in [4.69, 9.17) is 11.5 Å². The highest BCUT2D eigenvalue weighted by Crippen LogP contribution is 2.40. The number of hydrogen-bond donors (Lipinski definition) is 2. The Bertz CT molecular complexity index is 510. The molecule has 5 heteroatoms. The Morgan fingerprint density at radius 1 is 0.789 bits per heavy atom. The molecule has 4 N–H and O–H groups in total. The lowest BCUT2D eigenvalue weighted by Crippen LogP contribution is -2.07. The number of rotatable bonds is 2. The second-order valence-electron chi connectivity index (χ2n) is 4.93. The minimum Gasteiger partial charge on any atom is -0.397 e. The average molecular weight is 280 g/mol. The minimum atomic E-state index is 0.296. The van der Waals surface area contributed by atoms with Crippen molar-refractivity contribution in [3.63, 3.8) is 0 Å². The summed E-state index contributed by atoms with van der Waals surface area (Å²) in [6.07, 6.45) is 0. The quantitative estimate of drug-likeness (QED) is 0.811. The van der Waals surface area contributed by atoms with Gasteiger partial charge in [0.1, 0.15) is 11.0 Å². The molecule has 106 valence electrons. The Balaban J connectivity index is 0.000000861. The maximum Gasteiger partial charge on any atom is 0.110 e. The molecule has 4 nitrogen and oxygen atoms in total. The van der Waals surface area contributed by atoms with Crippen LogP contribution in [0.3, 0.4) is 0 Å². The summed E-state index contributed by atoms with van der Waals surface area (Å²) in [6, 6.07) is 0. The second-order valence-corrected chi connectivity index (χ2v) is 5.45. The van der Waals surface area contributed by atoms with Crippen LogP contribution in [-0.2, 0) is 0 Å². The Morgan fingerprint density at radius 3 is 1.37 bits per heavy atom. The maximum atomic E-state index is 6.16. The first-order chi connectivity index (χ1) is 8.95. The van der Waals surface area contributed by atoms with Crippen molar-refractivity contribution >= 4 is 34.1 Å². The van der Waals surface area contributed by atoms with Crippen molar-refractivity contribution in [2.75, 3.05) is 11.5 Å². The molecule has 0 unspecified atom stereocenters. The fourth-order valence-corrected chi connectivity index (χ4v) is 2.83. The van der Waals surface area contributed by atoms with Crippen LogP contribution in [0.5, 0.6) is 0 Å². The molecule has 0 radical (unpaired) electrons. The fraction of sp³-hybridized carbons (Fsp3) is 0.571. The van der Waals surface area contributed by atoms with Crippen LogP contribution in [0.15, 0.2) is 0 Å². The zero-order valence-corrected chi connectivity index (χ0v) is 13.4. The number of aromatic nitrogens is 2. The number of nitrogens with zero attached hydrogens (tertiary/aromatic N) is 2. The van der Waals surface area contributed by atoms with Crippen molar-refractivity contribution in [1.29, 1.82) is 0 Å². The van der Waals surface area contributed by atoms with Crippen LogP contribution >= 0.6 is 11.7 Å². The molecule has 0 aliphatic carbocycles. The molecule has 0 fully saturated rings. The Morgan fingerprint density at radius 2 is 1.11 bits per heavy atom. The number of nitrogen functional groups attached to an aromatic ring is 2. The van der Waals surface area contributed by atoms with Crippen LogP contribution in [0.2, 0.25) is 0 Å². The van der Waals surface area contributed by atoms with E-state index in [-0.39, 0.29) is 0 Å². The zero-order chi connectivity index (χ0) is 14.7. The second kappa shape index (κ2) is 6.19. The van der Waals surface area contributed by atoms with Gasteiger partial charge in [-0.05, 0) is 11.8 Å². The van der Waals surface area contributed by atoms with Crippen LogP contribution < -0.4 is 11.5 Å². The third kappa shape index (κ3) is 2.66. The molecule has 0 amide bonds. The predicted molar refractivity (Wildman–Crippen MR) is 85.8 cm³/mol. The molecule has 0 saturated carbocycles. The van der Waals surface area contributed by atoms with E-state index in [0.717, 1.165) is 22.2 Å². The third-order valence-electron chi connectivity index (χ3n) is 3.02. The number of nitrogens with two attached hydrogens (primary N) is 2. The molecule has 2 aromatic rings. The molecule has 19 heavy (non-hydrogen) atoms. The molecule has 1 aromatic carbocycles. The lowest BCUT2D eigenvalue weighted by molar-refractivity contribution is 0.862. The SMILES string of the molecule is CC.CC(C)c1c(N)c(N)c(C(C)C)c2nsnc12. The van der Waals surface area contributed by atoms with Crippen LogP contribution in [0.1, 0.15) is 64.5 Å². The molecule has 0 bridgehead atoms. The Hall–Kier alpha value is -1.36. The minimum absolute atomic E-state index is 0.296. The highest BCUT2D eigenvalue weighted by Gasteiger charge is 2.22. The van der Waals surface area contributed by atoms with E-state index >= 15 is 0 Å². The Labute approximate surface area is 119 Å². The molecule has 0 atom stereocenters. The fourth-order valence-electron chi connectivity index (χ4n) is 2.26. The first kappa shape index (κ1) is 15.7. The zero-order valence-electron chi connectivity index (χ0n) is 12.6. The highest BCUT2D eigenvalue weighted by molar-refractivity contribution is 7.00. The molecular weight excluding hydrogens is 256 g/mol. The largest absolute Gasteiger partial charge is 0.397 e. The van der Waals surface area contributed by atoms with Gasteiger partial charge in [-0.15, -0.1) is 0 Å². The van der Waals surface area contributed by atoms with E-state index in [1.165, 1.54) is 11.7 Å². The summed E-state index contributed by atoms with van der Waals surface area (Å²) in [4.78, 5) is 0. The summed E-state index contributed by atoms with van der Waals surface area (Å²) < 4.78 is 8.76. The summed E-state index contributed by atoms with van der Waals surface area (Å²) in [7, 11) is 0. The first-order valence-electron chi connectivity index (χ1n) is 6.78. The van der Waals surface area contributed by atoms with Crippen molar-refractivity contribution in [2.45, 2.75) is 53.4 Å². The van der Waals surface area contributed by atoms with Crippen LogP contribution in [0.25, 0.3) is 11.0 Å². The number of fused-ring (bicyclic) bond motifs is 1. The van der Waals surface area contributed by atoms with Crippen molar-refractivity contribution in [3.8, 4) is 0 Å². The maximum absolute atomic E-state index is 6.16. The van der Waals surface area contributed by atoms with Crippen molar-refractivity contribution < 1.29 is 0 Å². The lowest BCUT2D eigenvalue weighted by atomic mass is 9.91. The molecule has 1 aromatic heterocycles. The third-order valence-corrected chi connectivity index (χ3v) is 3.55. The van der Waals surface area contributed by atoms with Gasteiger partial charge in [-0.25, -0.2) is 0 Å². The van der Waals surface area contributed by atoms with Gasteiger partial charge in [-0.2, -0.15) is 8.75 Å². The topological polar surface area (TPSA) is 77.8 Å².